The number of nitrogens with zero attached hydrogens (tertiary/aromatic N) is 3. The van der Waals surface area contributed by atoms with Crippen LogP contribution in [-0.4, -0.2) is 14.5 Å². The Bertz CT molecular complexity index is 871. The Morgan fingerprint density at radius 2 is 1.88 bits per heavy atom. The Morgan fingerprint density at radius 3 is 2.54 bits per heavy atom. The van der Waals surface area contributed by atoms with E-state index in [1.54, 1.807) is 12.1 Å². The molecule has 0 radical (unpaired) electrons. The van der Waals surface area contributed by atoms with E-state index in [0.717, 1.165) is 40.8 Å². The molecule has 1 aromatic carbocycles. The van der Waals surface area contributed by atoms with Gasteiger partial charge in [-0.15, -0.1) is 0 Å². The minimum atomic E-state index is -0.268. The minimum Gasteiger partial charge on any atom is -0.471 e. The van der Waals surface area contributed by atoms with Gasteiger partial charge in [-0.05, 0) is 43.5 Å². The Morgan fingerprint density at radius 1 is 1.17 bits per heavy atom. The van der Waals surface area contributed by atoms with Gasteiger partial charge in [0.25, 0.3) is 0 Å². The lowest BCUT2D eigenvalue weighted by atomic mass is 10.2. The van der Waals surface area contributed by atoms with Crippen LogP contribution in [-0.2, 0) is 13.2 Å². The lowest BCUT2D eigenvalue weighted by molar-refractivity contribution is 0.296. The minimum absolute atomic E-state index is 0.188. The fourth-order valence-corrected chi connectivity index (χ4v) is 2.83. The molecule has 0 aliphatic carbocycles. The van der Waals surface area contributed by atoms with Crippen molar-refractivity contribution >= 4 is 17.0 Å². The first-order valence-corrected chi connectivity index (χ1v) is 8.01. The number of hydrogen-bond acceptors (Lipinski definition) is 4. The Balaban J connectivity index is 2.02. The molecule has 3 rings (SSSR count). The number of aromatic nitrogens is 3. The summed E-state index contributed by atoms with van der Waals surface area (Å²) < 4.78 is 21.1. The van der Waals surface area contributed by atoms with Gasteiger partial charge in [-0.3, -0.25) is 0 Å². The van der Waals surface area contributed by atoms with Crippen molar-refractivity contribution in [3.63, 3.8) is 0 Å². The largest absolute Gasteiger partial charge is 0.471 e. The van der Waals surface area contributed by atoms with Gasteiger partial charge in [0.05, 0.1) is 0 Å². The van der Waals surface area contributed by atoms with Crippen LogP contribution in [0.2, 0.25) is 0 Å². The Labute approximate surface area is 140 Å². The van der Waals surface area contributed by atoms with Gasteiger partial charge in [0.15, 0.2) is 0 Å². The van der Waals surface area contributed by atoms with Crippen LogP contribution in [0.4, 0.5) is 10.3 Å². The molecular formula is C18H21FN4O. The molecule has 5 nitrogen and oxygen atoms in total. The Hall–Kier alpha value is -2.63. The molecule has 3 aromatic rings. The summed E-state index contributed by atoms with van der Waals surface area (Å²) >= 11 is 0. The van der Waals surface area contributed by atoms with Crippen molar-refractivity contribution in [2.75, 3.05) is 5.73 Å². The molecular weight excluding hydrogens is 307 g/mol. The van der Waals surface area contributed by atoms with Crippen molar-refractivity contribution in [3.8, 4) is 5.88 Å². The van der Waals surface area contributed by atoms with Crippen LogP contribution in [0.25, 0.3) is 11.0 Å². The van der Waals surface area contributed by atoms with Gasteiger partial charge in [-0.2, -0.15) is 4.98 Å². The van der Waals surface area contributed by atoms with E-state index in [9.17, 15) is 4.39 Å². The highest BCUT2D eigenvalue weighted by Crippen LogP contribution is 2.31. The molecule has 0 saturated heterocycles. The first kappa shape index (κ1) is 16.2. The number of anilines is 1. The summed E-state index contributed by atoms with van der Waals surface area (Å²) in [6.45, 7) is 7.36. The lowest BCUT2D eigenvalue weighted by Gasteiger charge is -2.11. The molecule has 0 unspecified atom stereocenters. The molecule has 2 heterocycles. The van der Waals surface area contributed by atoms with E-state index >= 15 is 0 Å². The van der Waals surface area contributed by atoms with Crippen molar-refractivity contribution in [1.29, 1.82) is 0 Å². The lowest BCUT2D eigenvalue weighted by Crippen LogP contribution is -2.06. The summed E-state index contributed by atoms with van der Waals surface area (Å²) in [7, 11) is 0. The normalized spacial score (nSPS) is 11.2. The summed E-state index contributed by atoms with van der Waals surface area (Å²) in [5.41, 5.74) is 10.6. The van der Waals surface area contributed by atoms with Crippen molar-refractivity contribution < 1.29 is 9.13 Å². The zero-order chi connectivity index (χ0) is 17.3. The molecule has 0 aliphatic rings. The summed E-state index contributed by atoms with van der Waals surface area (Å²) in [5.74, 6) is 0.385. The maximum absolute atomic E-state index is 13.0. The third kappa shape index (κ3) is 2.91. The van der Waals surface area contributed by atoms with E-state index < -0.39 is 0 Å². The molecule has 24 heavy (non-hydrogen) atoms. The number of fused-ring (bicyclic) bond motifs is 1. The first-order chi connectivity index (χ1) is 11.5. The fraction of sp³-hybridized carbons (Fsp3) is 0.333. The van der Waals surface area contributed by atoms with E-state index in [1.165, 1.54) is 12.1 Å². The third-order valence-corrected chi connectivity index (χ3v) is 4.18. The number of ether oxygens (including phenoxy) is 1. The van der Waals surface area contributed by atoms with Gasteiger partial charge in [0.1, 0.15) is 23.5 Å². The van der Waals surface area contributed by atoms with E-state index in [-0.39, 0.29) is 11.8 Å². The van der Waals surface area contributed by atoms with Crippen molar-refractivity contribution in [3.05, 3.63) is 46.9 Å². The van der Waals surface area contributed by atoms with Gasteiger partial charge in [-0.25, -0.2) is 9.37 Å². The maximum atomic E-state index is 13.0. The molecule has 126 valence electrons. The van der Waals surface area contributed by atoms with E-state index in [2.05, 4.69) is 28.4 Å². The monoisotopic (exact) mass is 328 g/mol. The van der Waals surface area contributed by atoms with Gasteiger partial charge in [-0.1, -0.05) is 19.1 Å². The standard InChI is InChI=1S/C18H21FN4O/c1-4-9-23-12(3)11(2)15-16(23)17(22-18(20)21-15)24-10-13-5-7-14(19)8-6-13/h5-8H,4,9-10H2,1-3H3,(H2,20,21,22). The maximum Gasteiger partial charge on any atom is 0.243 e. The van der Waals surface area contributed by atoms with Crippen LogP contribution < -0.4 is 10.5 Å². The third-order valence-electron chi connectivity index (χ3n) is 4.18. The Kier molecular flexibility index (Phi) is 4.38. The molecule has 0 aliphatic heterocycles. The first-order valence-electron chi connectivity index (χ1n) is 8.01. The SMILES string of the molecule is CCCn1c(C)c(C)c2nc(N)nc(OCc3ccc(F)cc3)c21. The smallest absolute Gasteiger partial charge is 0.243 e. The zero-order valence-corrected chi connectivity index (χ0v) is 14.1. The van der Waals surface area contributed by atoms with Gasteiger partial charge >= 0.3 is 0 Å². The highest BCUT2D eigenvalue weighted by Gasteiger charge is 2.18. The van der Waals surface area contributed by atoms with Crippen LogP contribution in [0.5, 0.6) is 5.88 Å². The van der Waals surface area contributed by atoms with Crippen LogP contribution >= 0.6 is 0 Å². The predicted molar refractivity (Wildman–Crippen MR) is 92.4 cm³/mol. The average molecular weight is 328 g/mol. The summed E-state index contributed by atoms with van der Waals surface area (Å²) in [4.78, 5) is 8.66. The van der Waals surface area contributed by atoms with Crippen LogP contribution in [0.3, 0.4) is 0 Å². The summed E-state index contributed by atoms with van der Waals surface area (Å²) in [6.07, 6.45) is 0.992. The van der Waals surface area contributed by atoms with Gasteiger partial charge in [0.2, 0.25) is 11.8 Å². The number of benzene rings is 1. The molecule has 2 N–H and O–H groups in total. The van der Waals surface area contributed by atoms with E-state index in [0.29, 0.717) is 12.5 Å². The number of nitrogen functional groups attached to an aromatic ring is 1. The van der Waals surface area contributed by atoms with E-state index in [4.69, 9.17) is 10.5 Å². The molecule has 2 aromatic heterocycles. The highest BCUT2D eigenvalue weighted by atomic mass is 19.1. The van der Waals surface area contributed by atoms with Gasteiger partial charge < -0.3 is 15.0 Å². The second-order valence-electron chi connectivity index (χ2n) is 5.86. The van der Waals surface area contributed by atoms with Crippen LogP contribution in [0.15, 0.2) is 24.3 Å². The predicted octanol–water partition coefficient (Wildman–Crippen LogP) is 3.76. The van der Waals surface area contributed by atoms with Crippen LogP contribution in [0, 0.1) is 19.7 Å². The number of rotatable bonds is 5. The summed E-state index contributed by atoms with van der Waals surface area (Å²) in [5, 5.41) is 0. The molecule has 0 amide bonds. The number of halogens is 1. The van der Waals surface area contributed by atoms with Crippen molar-refractivity contribution in [2.45, 2.75) is 40.3 Å². The molecule has 6 heteroatoms. The molecule has 0 bridgehead atoms. The second-order valence-corrected chi connectivity index (χ2v) is 5.86. The molecule has 0 fully saturated rings. The molecule has 0 saturated carbocycles. The fourth-order valence-electron chi connectivity index (χ4n) is 2.83. The number of hydrogen-bond donors (Lipinski definition) is 1. The van der Waals surface area contributed by atoms with Crippen molar-refractivity contribution in [2.24, 2.45) is 0 Å². The van der Waals surface area contributed by atoms with Crippen LogP contribution in [0.1, 0.15) is 30.2 Å². The number of nitrogens with two attached hydrogens (primary N) is 1. The molecule has 0 spiro atoms. The van der Waals surface area contributed by atoms with Crippen molar-refractivity contribution in [1.82, 2.24) is 14.5 Å². The number of aryl methyl sites for hydroxylation is 2. The summed E-state index contributed by atoms with van der Waals surface area (Å²) in [6, 6.07) is 6.21. The zero-order valence-electron chi connectivity index (χ0n) is 14.1. The quantitative estimate of drug-likeness (QED) is 0.774. The average Bonchev–Trinajstić information content (AvgIpc) is 2.80. The van der Waals surface area contributed by atoms with Gasteiger partial charge in [0, 0.05) is 12.2 Å². The highest BCUT2D eigenvalue weighted by molar-refractivity contribution is 5.86. The molecule has 0 atom stereocenters. The topological polar surface area (TPSA) is 66.0 Å². The van der Waals surface area contributed by atoms with E-state index in [1.807, 2.05) is 6.92 Å². The second kappa shape index (κ2) is 6.47.